The molecule has 1 saturated carbocycles. The van der Waals surface area contributed by atoms with Crippen molar-refractivity contribution in [1.82, 2.24) is 5.32 Å². The van der Waals surface area contributed by atoms with Crippen LogP contribution in [0.15, 0.2) is 17.5 Å². The second kappa shape index (κ2) is 5.86. The summed E-state index contributed by atoms with van der Waals surface area (Å²) in [5, 5.41) is 5.22. The molecule has 1 aromatic heterocycles. The summed E-state index contributed by atoms with van der Waals surface area (Å²) in [4.78, 5) is 13.8. The minimum atomic E-state index is -0.0447. The maximum absolute atomic E-state index is 12.6. The molecule has 0 aromatic carbocycles. The first-order chi connectivity index (χ1) is 9.34. The number of carbonyl (C=O) groups excluding carboxylic acids is 1. The molecule has 20 heavy (non-hydrogen) atoms. The van der Waals surface area contributed by atoms with Crippen molar-refractivity contribution in [2.75, 3.05) is 0 Å². The second-order valence-electron chi connectivity index (χ2n) is 6.65. The standard InChI is InChI=1S/C16H26N2OS/c1-10-13(17)8-7-12(16(10,3)4)15(19)18-11(2)14-6-5-9-20-14/h5-6,9-13H,7-8,17H2,1-4H3,(H,18,19). The summed E-state index contributed by atoms with van der Waals surface area (Å²) in [6.45, 7) is 8.58. The Morgan fingerprint density at radius 1 is 1.50 bits per heavy atom. The first-order valence-corrected chi connectivity index (χ1v) is 8.31. The van der Waals surface area contributed by atoms with Gasteiger partial charge in [0.25, 0.3) is 0 Å². The number of carbonyl (C=O) groups is 1. The van der Waals surface area contributed by atoms with Crippen molar-refractivity contribution in [3.63, 3.8) is 0 Å². The maximum Gasteiger partial charge on any atom is 0.224 e. The van der Waals surface area contributed by atoms with E-state index in [2.05, 4.69) is 39.1 Å². The van der Waals surface area contributed by atoms with Gasteiger partial charge in [0, 0.05) is 16.8 Å². The lowest BCUT2D eigenvalue weighted by molar-refractivity contribution is -0.133. The molecule has 1 aliphatic rings. The Morgan fingerprint density at radius 2 is 2.20 bits per heavy atom. The van der Waals surface area contributed by atoms with Crippen molar-refractivity contribution in [3.05, 3.63) is 22.4 Å². The van der Waals surface area contributed by atoms with Crippen LogP contribution in [0.4, 0.5) is 0 Å². The summed E-state index contributed by atoms with van der Waals surface area (Å²) in [5.74, 6) is 0.596. The number of thiophene rings is 1. The van der Waals surface area contributed by atoms with E-state index in [4.69, 9.17) is 5.73 Å². The van der Waals surface area contributed by atoms with Gasteiger partial charge < -0.3 is 11.1 Å². The van der Waals surface area contributed by atoms with Crippen LogP contribution < -0.4 is 11.1 Å². The van der Waals surface area contributed by atoms with Crippen LogP contribution in [0.5, 0.6) is 0 Å². The van der Waals surface area contributed by atoms with E-state index in [0.29, 0.717) is 5.92 Å². The van der Waals surface area contributed by atoms with E-state index in [1.54, 1.807) is 11.3 Å². The van der Waals surface area contributed by atoms with Crippen LogP contribution >= 0.6 is 11.3 Å². The van der Waals surface area contributed by atoms with E-state index >= 15 is 0 Å². The van der Waals surface area contributed by atoms with Gasteiger partial charge in [-0.15, -0.1) is 11.3 Å². The summed E-state index contributed by atoms with van der Waals surface area (Å²) in [7, 11) is 0. The minimum absolute atomic E-state index is 0.0447. The normalized spacial score (nSPS) is 30.8. The molecule has 1 aliphatic carbocycles. The van der Waals surface area contributed by atoms with Crippen molar-refractivity contribution < 1.29 is 4.79 Å². The van der Waals surface area contributed by atoms with Crippen molar-refractivity contribution in [2.45, 2.75) is 52.6 Å². The molecule has 0 saturated heterocycles. The number of amides is 1. The van der Waals surface area contributed by atoms with Gasteiger partial charge in [0.2, 0.25) is 5.91 Å². The molecule has 4 heteroatoms. The number of hydrogen-bond acceptors (Lipinski definition) is 3. The van der Waals surface area contributed by atoms with Gasteiger partial charge in [0.1, 0.15) is 0 Å². The summed E-state index contributed by atoms with van der Waals surface area (Å²) in [6.07, 6.45) is 1.83. The van der Waals surface area contributed by atoms with Crippen LogP contribution in [0.25, 0.3) is 0 Å². The lowest BCUT2D eigenvalue weighted by Gasteiger charge is -2.46. The SMILES string of the molecule is CC(NC(=O)C1CCC(N)C(C)C1(C)C)c1cccs1. The van der Waals surface area contributed by atoms with Crippen LogP contribution in [0.1, 0.15) is 51.5 Å². The second-order valence-corrected chi connectivity index (χ2v) is 7.63. The third-order valence-corrected chi connectivity index (χ3v) is 6.20. The molecule has 3 N–H and O–H groups in total. The molecular formula is C16H26N2OS. The molecule has 1 heterocycles. The number of rotatable bonds is 3. The first-order valence-electron chi connectivity index (χ1n) is 7.43. The Morgan fingerprint density at radius 3 is 2.80 bits per heavy atom. The zero-order valence-corrected chi connectivity index (χ0v) is 13.7. The Balaban J connectivity index is 2.05. The summed E-state index contributed by atoms with van der Waals surface area (Å²) < 4.78 is 0. The fourth-order valence-electron chi connectivity index (χ4n) is 3.24. The lowest BCUT2D eigenvalue weighted by Crippen LogP contribution is -2.51. The zero-order chi connectivity index (χ0) is 14.9. The first kappa shape index (κ1) is 15.5. The largest absolute Gasteiger partial charge is 0.349 e. The van der Waals surface area contributed by atoms with Gasteiger partial charge in [-0.1, -0.05) is 26.8 Å². The molecule has 3 nitrogen and oxygen atoms in total. The van der Waals surface area contributed by atoms with E-state index in [-0.39, 0.29) is 29.3 Å². The van der Waals surface area contributed by atoms with Gasteiger partial charge >= 0.3 is 0 Å². The maximum atomic E-state index is 12.6. The van der Waals surface area contributed by atoms with Gasteiger partial charge in [-0.2, -0.15) is 0 Å². The van der Waals surface area contributed by atoms with Crippen LogP contribution in [0.3, 0.4) is 0 Å². The number of nitrogens with two attached hydrogens (primary N) is 1. The topological polar surface area (TPSA) is 55.1 Å². The highest BCUT2D eigenvalue weighted by atomic mass is 32.1. The summed E-state index contributed by atoms with van der Waals surface area (Å²) >= 11 is 1.69. The summed E-state index contributed by atoms with van der Waals surface area (Å²) in [6, 6.07) is 4.39. The molecule has 0 bridgehead atoms. The predicted octanol–water partition coefficient (Wildman–Crippen LogP) is 3.32. The van der Waals surface area contributed by atoms with E-state index in [1.165, 1.54) is 4.88 Å². The highest BCUT2D eigenvalue weighted by Gasteiger charge is 2.45. The van der Waals surface area contributed by atoms with Crippen molar-refractivity contribution in [1.29, 1.82) is 0 Å². The Kier molecular flexibility index (Phi) is 4.55. The molecule has 0 radical (unpaired) electrons. The molecular weight excluding hydrogens is 268 g/mol. The van der Waals surface area contributed by atoms with Crippen molar-refractivity contribution in [3.8, 4) is 0 Å². The Bertz CT molecular complexity index is 455. The smallest absolute Gasteiger partial charge is 0.224 e. The third-order valence-electron chi connectivity index (χ3n) is 5.15. The van der Waals surface area contributed by atoms with Crippen LogP contribution in [0, 0.1) is 17.3 Å². The molecule has 1 aromatic rings. The Labute approximate surface area is 125 Å². The molecule has 2 rings (SSSR count). The van der Waals surface area contributed by atoms with E-state index in [0.717, 1.165) is 12.8 Å². The van der Waals surface area contributed by atoms with Crippen LogP contribution in [-0.2, 0) is 4.79 Å². The molecule has 1 fully saturated rings. The fraction of sp³-hybridized carbons (Fsp3) is 0.688. The van der Waals surface area contributed by atoms with Crippen molar-refractivity contribution >= 4 is 17.2 Å². The average molecular weight is 294 g/mol. The molecule has 4 atom stereocenters. The monoisotopic (exact) mass is 294 g/mol. The van der Waals surface area contributed by atoms with Gasteiger partial charge in [-0.05, 0) is 42.5 Å². The van der Waals surface area contributed by atoms with Crippen LogP contribution in [0.2, 0.25) is 0 Å². The van der Waals surface area contributed by atoms with Gasteiger partial charge in [-0.25, -0.2) is 0 Å². The van der Waals surface area contributed by atoms with Gasteiger partial charge in [0.15, 0.2) is 0 Å². The quantitative estimate of drug-likeness (QED) is 0.898. The molecule has 0 aliphatic heterocycles. The lowest BCUT2D eigenvalue weighted by atomic mass is 9.61. The Hall–Kier alpha value is -0.870. The highest BCUT2D eigenvalue weighted by Crippen LogP contribution is 2.44. The zero-order valence-electron chi connectivity index (χ0n) is 12.8. The number of hydrogen-bond donors (Lipinski definition) is 2. The number of nitrogens with one attached hydrogen (secondary N) is 1. The molecule has 112 valence electrons. The highest BCUT2D eigenvalue weighted by molar-refractivity contribution is 7.10. The van der Waals surface area contributed by atoms with Crippen LogP contribution in [-0.4, -0.2) is 11.9 Å². The molecule has 1 amide bonds. The summed E-state index contributed by atoms with van der Waals surface area (Å²) in [5.41, 5.74) is 6.12. The molecule has 4 unspecified atom stereocenters. The average Bonchev–Trinajstić information content (AvgIpc) is 2.89. The van der Waals surface area contributed by atoms with E-state index in [9.17, 15) is 4.79 Å². The third kappa shape index (κ3) is 2.91. The van der Waals surface area contributed by atoms with E-state index in [1.807, 2.05) is 11.4 Å². The van der Waals surface area contributed by atoms with Gasteiger partial charge in [-0.3, -0.25) is 4.79 Å². The van der Waals surface area contributed by atoms with Gasteiger partial charge in [0.05, 0.1) is 6.04 Å². The predicted molar refractivity (Wildman–Crippen MR) is 84.5 cm³/mol. The fourth-order valence-corrected chi connectivity index (χ4v) is 3.98. The molecule has 0 spiro atoms. The van der Waals surface area contributed by atoms with E-state index < -0.39 is 0 Å². The minimum Gasteiger partial charge on any atom is -0.349 e. The van der Waals surface area contributed by atoms with Crippen molar-refractivity contribution in [2.24, 2.45) is 23.0 Å².